The van der Waals surface area contributed by atoms with Gasteiger partial charge in [-0.05, 0) is 67.2 Å². The van der Waals surface area contributed by atoms with Gasteiger partial charge in [0.25, 0.3) is 0 Å². The topological polar surface area (TPSA) is 20.2 Å². The van der Waals surface area contributed by atoms with Crippen LogP contribution >= 0.6 is 15.8 Å². The third kappa shape index (κ3) is 5.64. The zero-order valence-electron chi connectivity index (χ0n) is 21.5. The van der Waals surface area contributed by atoms with Crippen molar-refractivity contribution in [3.63, 3.8) is 0 Å². The maximum Gasteiger partial charge on any atom is 0.0871 e. The summed E-state index contributed by atoms with van der Waals surface area (Å²) in [5.41, 5.74) is 2.17. The molecule has 1 unspecified atom stereocenters. The van der Waals surface area contributed by atoms with Crippen molar-refractivity contribution >= 4 is 42.4 Å². The van der Waals surface area contributed by atoms with Gasteiger partial charge in [0.2, 0.25) is 0 Å². The molecule has 0 aliphatic heterocycles. The van der Waals surface area contributed by atoms with Crippen molar-refractivity contribution in [2.24, 2.45) is 0 Å². The normalized spacial score (nSPS) is 15.2. The quantitative estimate of drug-likeness (QED) is 0.228. The van der Waals surface area contributed by atoms with Gasteiger partial charge in [0.1, 0.15) is 0 Å². The molecule has 5 aromatic rings. The minimum Gasteiger partial charge on any atom is -0.388 e. The number of benzene rings is 5. The van der Waals surface area contributed by atoms with Gasteiger partial charge >= 0.3 is 0 Å². The van der Waals surface area contributed by atoms with Crippen LogP contribution in [-0.4, -0.2) is 5.11 Å². The molecule has 1 N–H and O–H groups in total. The monoisotopic (exact) mass is 539 g/mol. The van der Waals surface area contributed by atoms with Crippen LogP contribution in [0.1, 0.15) is 11.7 Å². The summed E-state index contributed by atoms with van der Waals surface area (Å²) in [6.45, 7) is 0. The van der Waals surface area contributed by atoms with Crippen molar-refractivity contribution in [1.29, 1.82) is 0 Å². The molecule has 1 fully saturated rings. The first-order chi connectivity index (χ1) is 19.3. The summed E-state index contributed by atoms with van der Waals surface area (Å²) in [6.07, 6.45) is 5.66. The lowest BCUT2D eigenvalue weighted by Crippen LogP contribution is -2.28. The van der Waals surface area contributed by atoms with E-state index in [1.165, 1.54) is 32.2 Å². The molecule has 1 nitrogen and oxygen atoms in total. The molecule has 1 saturated carbocycles. The molecule has 0 amide bonds. The highest BCUT2D eigenvalue weighted by Crippen LogP contribution is 2.59. The summed E-state index contributed by atoms with van der Waals surface area (Å²) in [5, 5.41) is 18.4. The van der Waals surface area contributed by atoms with Gasteiger partial charge in [0.05, 0.1) is 6.10 Å². The first-order valence-corrected chi connectivity index (χ1v) is 15.8. The number of rotatable bonds is 8. The van der Waals surface area contributed by atoms with E-state index in [-0.39, 0.29) is 0 Å². The Morgan fingerprint density at radius 2 is 0.846 bits per heavy atom. The van der Waals surface area contributed by atoms with Crippen LogP contribution in [0.3, 0.4) is 0 Å². The molecular formula is C36H29OP2. The highest BCUT2D eigenvalue weighted by Gasteiger charge is 2.42. The second kappa shape index (κ2) is 12.4. The minimum atomic E-state index is -0.842. The van der Waals surface area contributed by atoms with Gasteiger partial charge in [0, 0.05) is 11.6 Å². The summed E-state index contributed by atoms with van der Waals surface area (Å²) >= 11 is 0. The van der Waals surface area contributed by atoms with Crippen molar-refractivity contribution in [3.05, 3.63) is 182 Å². The lowest BCUT2D eigenvalue weighted by atomic mass is 9.94. The number of aliphatic hydroxyl groups excluding tert-OH is 1. The number of aliphatic hydroxyl groups is 1. The first-order valence-electron chi connectivity index (χ1n) is 13.1. The maximum atomic E-state index is 12.1. The summed E-state index contributed by atoms with van der Waals surface area (Å²) in [6, 6.07) is 51.2. The molecule has 5 radical (unpaired) electrons. The zero-order chi connectivity index (χ0) is 26.4. The third-order valence-electron chi connectivity index (χ3n) is 6.89. The predicted molar refractivity (Wildman–Crippen MR) is 169 cm³/mol. The van der Waals surface area contributed by atoms with E-state index >= 15 is 0 Å². The molecular weight excluding hydrogens is 510 g/mol. The van der Waals surface area contributed by atoms with Crippen molar-refractivity contribution in [2.75, 3.05) is 0 Å². The van der Waals surface area contributed by atoms with Crippen molar-refractivity contribution in [1.82, 2.24) is 0 Å². The Morgan fingerprint density at radius 3 is 1.33 bits per heavy atom. The molecule has 6 rings (SSSR count). The highest BCUT2D eigenvalue weighted by atomic mass is 31.1. The van der Waals surface area contributed by atoms with Gasteiger partial charge in [-0.2, -0.15) is 0 Å². The van der Waals surface area contributed by atoms with Gasteiger partial charge < -0.3 is 5.11 Å². The fourth-order valence-corrected chi connectivity index (χ4v) is 10.1. The number of hydrogen-bond acceptors (Lipinski definition) is 1. The van der Waals surface area contributed by atoms with Crippen molar-refractivity contribution in [3.8, 4) is 0 Å². The van der Waals surface area contributed by atoms with Crippen LogP contribution in [0.4, 0.5) is 0 Å². The molecule has 1 atom stereocenters. The molecule has 0 aromatic heterocycles. The van der Waals surface area contributed by atoms with Crippen LogP contribution in [0.2, 0.25) is 0 Å². The highest BCUT2D eigenvalue weighted by molar-refractivity contribution is 7.80. The van der Waals surface area contributed by atoms with E-state index in [0.717, 1.165) is 11.5 Å². The maximum absolute atomic E-state index is 12.1. The molecule has 5 aromatic carbocycles. The molecule has 189 valence electrons. The average molecular weight is 540 g/mol. The summed E-state index contributed by atoms with van der Waals surface area (Å²) in [5.74, 6) is 0.984. The molecule has 1 aliphatic rings. The Morgan fingerprint density at radius 1 is 0.436 bits per heavy atom. The van der Waals surface area contributed by atoms with Gasteiger partial charge in [-0.15, -0.1) is 0 Å². The standard InChI is InChI=1S/C36H29OP2/c37-36(33-25-15-27-35(33)39(30-20-9-3-10-21-30)31-22-11-4-12-23-31)32-24-13-14-26-34(32)38(28-16-5-1-6-17-28)29-18-7-2-8-19-29/h1-27,36-37H. The third-order valence-corrected chi connectivity index (χ3v) is 11.9. The molecule has 39 heavy (non-hydrogen) atoms. The minimum absolute atomic E-state index is 0.735. The van der Waals surface area contributed by atoms with Crippen LogP contribution in [0.25, 0.3) is 0 Å². The predicted octanol–water partition coefficient (Wildman–Crippen LogP) is 6.34. The second-order valence-corrected chi connectivity index (χ2v) is 13.7. The van der Waals surface area contributed by atoms with E-state index in [2.05, 4.69) is 159 Å². The summed E-state index contributed by atoms with van der Waals surface area (Å²) < 4.78 is 0. The molecule has 0 bridgehead atoms. The lowest BCUT2D eigenvalue weighted by molar-refractivity contribution is 0.200. The van der Waals surface area contributed by atoms with E-state index in [1.807, 2.05) is 6.07 Å². The average Bonchev–Trinajstić information content (AvgIpc) is 3.49. The van der Waals surface area contributed by atoms with Gasteiger partial charge in [-0.3, -0.25) is 0 Å². The smallest absolute Gasteiger partial charge is 0.0871 e. The number of hydrogen-bond donors (Lipinski definition) is 1. The fourth-order valence-electron chi connectivity index (χ4n) is 5.11. The summed E-state index contributed by atoms with van der Waals surface area (Å²) in [7, 11) is -1.66. The van der Waals surface area contributed by atoms with Gasteiger partial charge in [-0.25, -0.2) is 0 Å². The molecule has 3 heteroatoms. The van der Waals surface area contributed by atoms with E-state index in [9.17, 15) is 5.11 Å². The second-order valence-electron chi connectivity index (χ2n) is 9.34. The van der Waals surface area contributed by atoms with E-state index in [0.29, 0.717) is 0 Å². The lowest BCUT2D eigenvalue weighted by Gasteiger charge is -2.33. The Kier molecular flexibility index (Phi) is 8.32. The Labute approximate surface area is 235 Å². The van der Waals surface area contributed by atoms with Crippen LogP contribution in [-0.2, 0) is 0 Å². The largest absolute Gasteiger partial charge is 0.388 e. The SMILES string of the molecule is OC([C]1[CH][CH][CH][C]1P(c1ccccc1)c1ccccc1)c1ccccc1P(c1ccccc1)c1ccccc1. The van der Waals surface area contributed by atoms with E-state index in [1.54, 1.807) is 0 Å². The Bertz CT molecular complexity index is 1380. The van der Waals surface area contributed by atoms with Crippen LogP contribution in [0, 0.1) is 30.8 Å². The van der Waals surface area contributed by atoms with E-state index in [4.69, 9.17) is 0 Å². The van der Waals surface area contributed by atoms with Gasteiger partial charge in [0.15, 0.2) is 0 Å². The zero-order valence-corrected chi connectivity index (χ0v) is 23.3. The molecule has 1 aliphatic carbocycles. The molecule has 0 heterocycles. The van der Waals surface area contributed by atoms with Crippen LogP contribution < -0.4 is 26.5 Å². The van der Waals surface area contributed by atoms with Crippen LogP contribution in [0.15, 0.2) is 146 Å². The molecule has 0 spiro atoms. The Hall–Kier alpha value is -3.08. The fraction of sp³-hybridized carbons (Fsp3) is 0.0278. The summed E-state index contributed by atoms with van der Waals surface area (Å²) in [4.78, 5) is 0. The van der Waals surface area contributed by atoms with Crippen molar-refractivity contribution in [2.45, 2.75) is 6.10 Å². The van der Waals surface area contributed by atoms with Crippen molar-refractivity contribution < 1.29 is 5.11 Å². The van der Waals surface area contributed by atoms with Gasteiger partial charge in [-0.1, -0.05) is 146 Å². The Balaban J connectivity index is 1.41. The van der Waals surface area contributed by atoms with E-state index < -0.39 is 21.9 Å². The first kappa shape index (κ1) is 26.2. The molecule has 0 saturated heterocycles. The van der Waals surface area contributed by atoms with Crippen LogP contribution in [0.5, 0.6) is 0 Å².